The van der Waals surface area contributed by atoms with Gasteiger partial charge in [0, 0.05) is 22.3 Å². The second-order valence-electron chi connectivity index (χ2n) is 8.55. The lowest BCUT2D eigenvalue weighted by atomic mass is 9.80. The first-order valence-corrected chi connectivity index (χ1v) is 11.4. The summed E-state index contributed by atoms with van der Waals surface area (Å²) in [7, 11) is 0. The van der Waals surface area contributed by atoms with Gasteiger partial charge in [0.15, 0.2) is 34.2 Å². The number of nitrogens with one attached hydrogen (secondary N) is 2. The minimum absolute atomic E-state index is 0. The molecule has 0 aromatic heterocycles. The maximum atomic E-state index is 13.5. The molecule has 0 aliphatic heterocycles. The van der Waals surface area contributed by atoms with Crippen LogP contribution in [0.2, 0.25) is 0 Å². The van der Waals surface area contributed by atoms with Crippen molar-refractivity contribution in [1.29, 1.82) is 0 Å². The molecule has 0 radical (unpaired) electrons. The largest absolute Gasteiger partial charge is 0.295 e. The number of Topliss-reactive ketones (excluding diaryl/α,β-unsaturated/α-hetero) is 4. The van der Waals surface area contributed by atoms with Crippen LogP contribution in [0.25, 0.3) is 0 Å². The fraction of sp³-hybridized carbons (Fsp3) is 0.214. The van der Waals surface area contributed by atoms with Crippen LogP contribution in [-0.4, -0.2) is 36.2 Å². The number of rotatable bonds is 6. The van der Waals surface area contributed by atoms with Crippen molar-refractivity contribution in [3.63, 3.8) is 0 Å². The highest BCUT2D eigenvalue weighted by molar-refractivity contribution is 6.34. The number of fused-ring (bicyclic) bond motifs is 2. The van der Waals surface area contributed by atoms with Crippen molar-refractivity contribution in [2.24, 2.45) is 0 Å². The average Bonchev–Trinajstić information content (AvgIpc) is 3.22. The quantitative estimate of drug-likeness (QED) is 0.467. The zero-order valence-corrected chi connectivity index (χ0v) is 21.4. The van der Waals surface area contributed by atoms with E-state index < -0.39 is 11.1 Å². The smallest absolute Gasteiger partial charge is 0.196 e. The van der Waals surface area contributed by atoms with Crippen molar-refractivity contribution in [3.8, 4) is 0 Å². The van der Waals surface area contributed by atoms with E-state index in [1.54, 1.807) is 72.8 Å². The van der Waals surface area contributed by atoms with Crippen LogP contribution >= 0.6 is 24.8 Å². The number of carbonyl (C=O) groups is 4. The fourth-order valence-electron chi connectivity index (χ4n) is 5.32. The van der Waals surface area contributed by atoms with Crippen molar-refractivity contribution in [3.05, 3.63) is 106 Å². The Labute approximate surface area is 221 Å². The molecule has 3 aromatic carbocycles. The topological polar surface area (TPSA) is 92.3 Å². The van der Waals surface area contributed by atoms with Gasteiger partial charge in [-0.2, -0.15) is 0 Å². The molecule has 0 amide bonds. The Morgan fingerprint density at radius 3 is 0.972 bits per heavy atom. The first-order chi connectivity index (χ1) is 16.4. The molecular formula is C28H26Cl2N2O4. The molecule has 0 heterocycles. The van der Waals surface area contributed by atoms with Gasteiger partial charge in [-0.3, -0.25) is 29.8 Å². The number of benzene rings is 3. The van der Waals surface area contributed by atoms with E-state index >= 15 is 0 Å². The van der Waals surface area contributed by atoms with Crippen LogP contribution in [0.15, 0.2) is 72.8 Å². The zero-order valence-electron chi connectivity index (χ0n) is 19.8. The molecule has 2 N–H and O–H groups in total. The van der Waals surface area contributed by atoms with Gasteiger partial charge in [-0.05, 0) is 24.2 Å². The Morgan fingerprint density at radius 2 is 0.750 bits per heavy atom. The number of carbonyl (C=O) groups excluding carboxylic acids is 4. The Hall–Kier alpha value is -3.16. The third-order valence-corrected chi connectivity index (χ3v) is 6.83. The van der Waals surface area contributed by atoms with Crippen LogP contribution in [0.4, 0.5) is 0 Å². The van der Waals surface area contributed by atoms with Crippen LogP contribution < -0.4 is 10.6 Å². The second-order valence-corrected chi connectivity index (χ2v) is 8.55. The minimum atomic E-state index is -1.53. The summed E-state index contributed by atoms with van der Waals surface area (Å²) in [5.41, 5.74) is -0.560. The molecule has 0 atom stereocenters. The van der Waals surface area contributed by atoms with Gasteiger partial charge in [0.25, 0.3) is 0 Å². The lowest BCUT2D eigenvalue weighted by Gasteiger charge is -2.30. The summed E-state index contributed by atoms with van der Waals surface area (Å²) >= 11 is 0. The Kier molecular flexibility index (Phi) is 7.67. The summed E-state index contributed by atoms with van der Waals surface area (Å²) in [6.07, 6.45) is 0. The minimum Gasteiger partial charge on any atom is -0.295 e. The molecule has 3 aromatic rings. The maximum Gasteiger partial charge on any atom is 0.196 e. The summed E-state index contributed by atoms with van der Waals surface area (Å²) in [6.45, 7) is 4.49. The van der Waals surface area contributed by atoms with E-state index in [4.69, 9.17) is 0 Å². The van der Waals surface area contributed by atoms with Gasteiger partial charge in [0.05, 0.1) is 0 Å². The molecule has 0 saturated carbocycles. The van der Waals surface area contributed by atoms with Gasteiger partial charge < -0.3 is 0 Å². The Bertz CT molecular complexity index is 1190. The number of hydrogen-bond acceptors (Lipinski definition) is 6. The average molecular weight is 525 g/mol. The van der Waals surface area contributed by atoms with E-state index in [1.807, 2.05) is 13.8 Å². The highest BCUT2D eigenvalue weighted by atomic mass is 35.5. The van der Waals surface area contributed by atoms with Crippen molar-refractivity contribution in [2.45, 2.75) is 24.9 Å². The highest BCUT2D eigenvalue weighted by Crippen LogP contribution is 2.41. The summed E-state index contributed by atoms with van der Waals surface area (Å²) < 4.78 is 0. The van der Waals surface area contributed by atoms with Gasteiger partial charge in [-0.25, -0.2) is 0 Å². The molecule has 2 aliphatic carbocycles. The van der Waals surface area contributed by atoms with Crippen LogP contribution in [-0.2, 0) is 11.1 Å². The molecule has 186 valence electrons. The van der Waals surface area contributed by atoms with Gasteiger partial charge in [-0.15, -0.1) is 24.8 Å². The summed E-state index contributed by atoms with van der Waals surface area (Å²) in [4.78, 5) is 53.9. The van der Waals surface area contributed by atoms with Gasteiger partial charge >= 0.3 is 0 Å². The molecule has 6 nitrogen and oxygen atoms in total. The third-order valence-electron chi connectivity index (χ3n) is 6.83. The van der Waals surface area contributed by atoms with Gasteiger partial charge in [-0.1, -0.05) is 86.6 Å². The molecule has 5 rings (SSSR count). The third kappa shape index (κ3) is 3.48. The van der Waals surface area contributed by atoms with E-state index in [9.17, 15) is 19.2 Å². The number of halogens is 2. The first-order valence-electron chi connectivity index (χ1n) is 11.4. The monoisotopic (exact) mass is 524 g/mol. The molecule has 2 aliphatic rings. The number of hydrogen-bond donors (Lipinski definition) is 2. The predicted molar refractivity (Wildman–Crippen MR) is 142 cm³/mol. The van der Waals surface area contributed by atoms with E-state index in [0.29, 0.717) is 46.5 Å². The summed E-state index contributed by atoms with van der Waals surface area (Å²) in [6, 6.07) is 20.3. The second kappa shape index (κ2) is 10.1. The predicted octanol–water partition coefficient (Wildman–Crippen LogP) is 4.30. The molecule has 0 spiro atoms. The van der Waals surface area contributed by atoms with Crippen LogP contribution in [0.3, 0.4) is 0 Å². The Balaban J connectivity index is 0.00000180. The highest BCUT2D eigenvalue weighted by Gasteiger charge is 2.56. The first kappa shape index (κ1) is 27.4. The van der Waals surface area contributed by atoms with E-state index in [1.165, 1.54) is 0 Å². The maximum absolute atomic E-state index is 13.5. The van der Waals surface area contributed by atoms with Crippen LogP contribution in [0, 0.1) is 0 Å². The standard InChI is InChI=1S/C28H24N2O4.2ClH/c1-3-29-27(23(31)19-9-5-6-10-20(19)24(27)32)17-13-15-18(16-14-17)28(30-4-2)25(33)21-11-7-8-12-22(21)26(28)34;;/h5-16,29-30H,3-4H2,1-2H3;2*1H. The van der Waals surface area contributed by atoms with E-state index in [2.05, 4.69) is 10.6 Å². The molecule has 8 heteroatoms. The number of likely N-dealkylation sites (N-methyl/N-ethyl adjacent to an activating group) is 2. The van der Waals surface area contributed by atoms with Crippen LogP contribution in [0.5, 0.6) is 0 Å². The SMILES string of the molecule is CCNC1(c2ccc(C3(NCC)C(=O)c4ccccc4C3=O)cc2)C(=O)c2ccccc2C1=O.Cl.Cl. The van der Waals surface area contributed by atoms with E-state index in [-0.39, 0.29) is 47.9 Å². The van der Waals surface area contributed by atoms with Crippen molar-refractivity contribution >= 4 is 47.9 Å². The Morgan fingerprint density at radius 1 is 0.500 bits per heavy atom. The summed E-state index contributed by atoms with van der Waals surface area (Å²) in [5.74, 6) is -1.21. The summed E-state index contributed by atoms with van der Waals surface area (Å²) in [5, 5.41) is 6.26. The molecular weight excluding hydrogens is 499 g/mol. The molecule has 0 fully saturated rings. The molecule has 0 saturated heterocycles. The van der Waals surface area contributed by atoms with Crippen molar-refractivity contribution in [2.75, 3.05) is 13.1 Å². The van der Waals surface area contributed by atoms with E-state index in [0.717, 1.165) is 0 Å². The lowest BCUT2D eigenvalue weighted by molar-refractivity contribution is 0.0739. The van der Waals surface area contributed by atoms with Crippen LogP contribution in [0.1, 0.15) is 66.4 Å². The molecule has 36 heavy (non-hydrogen) atoms. The lowest BCUT2D eigenvalue weighted by Crippen LogP contribution is -2.52. The van der Waals surface area contributed by atoms with Crippen molar-refractivity contribution < 1.29 is 19.2 Å². The molecule has 0 unspecified atom stereocenters. The zero-order chi connectivity index (χ0) is 24.1. The van der Waals surface area contributed by atoms with Crippen molar-refractivity contribution in [1.82, 2.24) is 10.6 Å². The van der Waals surface area contributed by atoms with Gasteiger partial charge in [0.1, 0.15) is 0 Å². The van der Waals surface area contributed by atoms with Gasteiger partial charge in [0.2, 0.25) is 0 Å². The fourth-order valence-corrected chi connectivity index (χ4v) is 5.32. The number of ketones is 4. The normalized spacial score (nSPS) is 16.7. The molecule has 0 bridgehead atoms.